The van der Waals surface area contributed by atoms with Crippen LogP contribution in [0.2, 0.25) is 0 Å². The molecule has 5 nitrogen and oxygen atoms in total. The van der Waals surface area contributed by atoms with Crippen LogP contribution >= 0.6 is 0 Å². The lowest BCUT2D eigenvalue weighted by Crippen LogP contribution is -2.35. The molecule has 0 aliphatic heterocycles. The summed E-state index contributed by atoms with van der Waals surface area (Å²) in [5.41, 5.74) is 1.85. The second kappa shape index (κ2) is 6.44. The maximum absolute atomic E-state index is 12.3. The average molecular weight is 315 g/mol. The first-order valence-electron chi connectivity index (χ1n) is 8.03. The molecular formula is C18H21NO4. The highest BCUT2D eigenvalue weighted by Crippen LogP contribution is 2.30. The summed E-state index contributed by atoms with van der Waals surface area (Å²) >= 11 is 0. The van der Waals surface area contributed by atoms with Gasteiger partial charge in [-0.1, -0.05) is 24.6 Å². The zero-order chi connectivity index (χ0) is 16.4. The van der Waals surface area contributed by atoms with E-state index >= 15 is 0 Å². The van der Waals surface area contributed by atoms with Crippen LogP contribution in [0.15, 0.2) is 28.7 Å². The van der Waals surface area contributed by atoms with Crippen LogP contribution in [0.5, 0.6) is 0 Å². The van der Waals surface area contributed by atoms with E-state index in [1.165, 1.54) is 0 Å². The summed E-state index contributed by atoms with van der Waals surface area (Å²) in [5.74, 6) is -0.724. The van der Waals surface area contributed by atoms with Crippen LogP contribution < -0.4 is 5.32 Å². The minimum absolute atomic E-state index is 0.0733. The number of para-hydroxylation sites is 1. The van der Waals surface area contributed by atoms with Gasteiger partial charge in [0.25, 0.3) is 0 Å². The van der Waals surface area contributed by atoms with Gasteiger partial charge in [-0.3, -0.25) is 9.59 Å². The summed E-state index contributed by atoms with van der Waals surface area (Å²) in [5, 5.41) is 13.1. The third-order valence-electron chi connectivity index (χ3n) is 4.76. The quantitative estimate of drug-likeness (QED) is 0.907. The summed E-state index contributed by atoms with van der Waals surface area (Å²) in [7, 11) is 0. The van der Waals surface area contributed by atoms with Crippen LogP contribution in [-0.2, 0) is 16.1 Å². The molecule has 1 heterocycles. The minimum atomic E-state index is -0.796. The lowest BCUT2D eigenvalue weighted by atomic mass is 9.81. The number of carbonyl (C=O) groups excluding carboxylic acids is 1. The van der Waals surface area contributed by atoms with Gasteiger partial charge in [-0.25, -0.2) is 0 Å². The van der Waals surface area contributed by atoms with E-state index in [9.17, 15) is 9.59 Å². The van der Waals surface area contributed by atoms with Gasteiger partial charge in [-0.2, -0.15) is 0 Å². The van der Waals surface area contributed by atoms with Crippen molar-refractivity contribution in [2.24, 2.45) is 11.8 Å². The molecule has 2 N–H and O–H groups in total. The molecule has 5 heteroatoms. The van der Waals surface area contributed by atoms with Crippen molar-refractivity contribution in [1.29, 1.82) is 0 Å². The molecule has 1 aromatic carbocycles. The first-order chi connectivity index (χ1) is 11.1. The van der Waals surface area contributed by atoms with E-state index in [-0.39, 0.29) is 11.8 Å². The fourth-order valence-corrected chi connectivity index (χ4v) is 3.36. The summed E-state index contributed by atoms with van der Waals surface area (Å²) < 4.78 is 5.79. The molecular weight excluding hydrogens is 294 g/mol. The minimum Gasteiger partial charge on any atom is -0.481 e. The number of carboxylic acid groups (broad SMARTS) is 1. The molecule has 1 amide bonds. The van der Waals surface area contributed by atoms with Crippen LogP contribution in [0.25, 0.3) is 11.0 Å². The number of furan rings is 1. The Bertz CT molecular complexity index is 734. The van der Waals surface area contributed by atoms with Gasteiger partial charge in [0.15, 0.2) is 0 Å². The Morgan fingerprint density at radius 3 is 2.74 bits per heavy atom. The van der Waals surface area contributed by atoms with E-state index < -0.39 is 11.9 Å². The molecule has 1 saturated carbocycles. The highest BCUT2D eigenvalue weighted by molar-refractivity contribution is 5.83. The van der Waals surface area contributed by atoms with Crippen LogP contribution in [0, 0.1) is 18.8 Å². The lowest BCUT2D eigenvalue weighted by Gasteiger charge is -2.25. The summed E-state index contributed by atoms with van der Waals surface area (Å²) in [6, 6.07) is 7.79. The van der Waals surface area contributed by atoms with E-state index in [1.54, 1.807) is 0 Å². The van der Waals surface area contributed by atoms with Crippen molar-refractivity contribution < 1.29 is 19.1 Å². The van der Waals surface area contributed by atoms with E-state index in [0.717, 1.165) is 35.1 Å². The molecule has 1 aliphatic rings. The number of nitrogens with one attached hydrogen (secondary N) is 1. The second-order valence-electron chi connectivity index (χ2n) is 6.26. The van der Waals surface area contributed by atoms with Gasteiger partial charge in [0, 0.05) is 16.9 Å². The van der Waals surface area contributed by atoms with Gasteiger partial charge in [-0.15, -0.1) is 0 Å². The van der Waals surface area contributed by atoms with Gasteiger partial charge in [0.1, 0.15) is 11.3 Å². The van der Waals surface area contributed by atoms with E-state index in [0.29, 0.717) is 19.4 Å². The first kappa shape index (κ1) is 15.6. The third-order valence-corrected chi connectivity index (χ3v) is 4.76. The van der Waals surface area contributed by atoms with Crippen LogP contribution in [0.1, 0.15) is 37.0 Å². The number of amides is 1. The molecule has 3 rings (SSSR count). The molecule has 1 aliphatic carbocycles. The number of aliphatic carboxylic acids is 1. The normalized spacial score (nSPS) is 21.3. The molecule has 1 fully saturated rings. The number of benzene rings is 1. The molecule has 0 saturated heterocycles. The SMILES string of the molecule is Cc1c(CNC(=O)C2CCCC(C(=O)O)C2)oc2ccccc12. The van der Waals surface area contributed by atoms with Crippen molar-refractivity contribution in [2.45, 2.75) is 39.2 Å². The number of hydrogen-bond donors (Lipinski definition) is 2. The highest BCUT2D eigenvalue weighted by atomic mass is 16.4. The Labute approximate surface area is 134 Å². The molecule has 2 atom stereocenters. The van der Waals surface area contributed by atoms with E-state index in [4.69, 9.17) is 9.52 Å². The van der Waals surface area contributed by atoms with Gasteiger partial charge < -0.3 is 14.8 Å². The Hall–Kier alpha value is -2.30. The predicted octanol–water partition coefficient (Wildman–Crippen LogP) is 3.25. The Morgan fingerprint density at radius 1 is 1.26 bits per heavy atom. The number of carboxylic acids is 1. The van der Waals surface area contributed by atoms with E-state index in [1.807, 2.05) is 31.2 Å². The Balaban J connectivity index is 1.64. The molecule has 2 unspecified atom stereocenters. The molecule has 122 valence electrons. The number of fused-ring (bicyclic) bond motifs is 1. The monoisotopic (exact) mass is 315 g/mol. The van der Waals surface area contributed by atoms with Crippen LogP contribution in [-0.4, -0.2) is 17.0 Å². The number of aryl methyl sites for hydroxylation is 1. The maximum atomic E-state index is 12.3. The summed E-state index contributed by atoms with van der Waals surface area (Å²) in [6.45, 7) is 2.32. The molecule has 2 aromatic rings. The molecule has 23 heavy (non-hydrogen) atoms. The fraction of sp³-hybridized carbons (Fsp3) is 0.444. The topological polar surface area (TPSA) is 79.5 Å². The van der Waals surface area contributed by atoms with Crippen LogP contribution in [0.4, 0.5) is 0 Å². The van der Waals surface area contributed by atoms with Gasteiger partial charge in [0.05, 0.1) is 12.5 Å². The summed E-state index contributed by atoms with van der Waals surface area (Å²) in [4.78, 5) is 23.4. The zero-order valence-corrected chi connectivity index (χ0v) is 13.2. The lowest BCUT2D eigenvalue weighted by molar-refractivity contribution is -0.144. The number of rotatable bonds is 4. The highest BCUT2D eigenvalue weighted by Gasteiger charge is 2.31. The van der Waals surface area contributed by atoms with E-state index in [2.05, 4.69) is 5.32 Å². The van der Waals surface area contributed by atoms with Crippen molar-refractivity contribution in [1.82, 2.24) is 5.32 Å². The standard InChI is InChI=1S/C18H21NO4/c1-11-14-7-2-3-8-15(14)23-16(11)10-19-17(20)12-5-4-6-13(9-12)18(21)22/h2-3,7-8,12-13H,4-6,9-10H2,1H3,(H,19,20)(H,21,22). The van der Waals surface area contributed by atoms with Crippen molar-refractivity contribution in [3.63, 3.8) is 0 Å². The Kier molecular flexibility index (Phi) is 4.37. The first-order valence-corrected chi connectivity index (χ1v) is 8.03. The molecule has 1 aromatic heterocycles. The Morgan fingerprint density at radius 2 is 2.00 bits per heavy atom. The number of hydrogen-bond acceptors (Lipinski definition) is 3. The molecule has 0 radical (unpaired) electrons. The largest absolute Gasteiger partial charge is 0.481 e. The van der Waals surface area contributed by atoms with Crippen molar-refractivity contribution in [3.8, 4) is 0 Å². The smallest absolute Gasteiger partial charge is 0.306 e. The van der Waals surface area contributed by atoms with Gasteiger partial charge >= 0.3 is 5.97 Å². The van der Waals surface area contributed by atoms with Gasteiger partial charge in [0.2, 0.25) is 5.91 Å². The van der Waals surface area contributed by atoms with Gasteiger partial charge in [-0.05, 0) is 32.3 Å². The zero-order valence-electron chi connectivity index (χ0n) is 13.2. The summed E-state index contributed by atoms with van der Waals surface area (Å²) in [6.07, 6.45) is 2.65. The third kappa shape index (κ3) is 3.23. The number of carbonyl (C=O) groups is 2. The maximum Gasteiger partial charge on any atom is 0.306 e. The van der Waals surface area contributed by atoms with Crippen molar-refractivity contribution in [3.05, 3.63) is 35.6 Å². The predicted molar refractivity (Wildman–Crippen MR) is 85.9 cm³/mol. The van der Waals surface area contributed by atoms with Crippen molar-refractivity contribution in [2.75, 3.05) is 0 Å². The second-order valence-corrected chi connectivity index (χ2v) is 6.26. The average Bonchev–Trinajstić information content (AvgIpc) is 2.89. The van der Waals surface area contributed by atoms with Crippen LogP contribution in [0.3, 0.4) is 0 Å². The molecule has 0 spiro atoms. The van der Waals surface area contributed by atoms with Crippen molar-refractivity contribution >= 4 is 22.8 Å². The molecule has 0 bridgehead atoms. The fourth-order valence-electron chi connectivity index (χ4n) is 3.36.